The number of hydrogen-bond donors (Lipinski definition) is 2. The number of amides is 1. The molecule has 0 aliphatic heterocycles. The van der Waals surface area contributed by atoms with Gasteiger partial charge < -0.3 is 15.4 Å². The van der Waals surface area contributed by atoms with E-state index in [1.807, 2.05) is 68.6 Å². The van der Waals surface area contributed by atoms with E-state index in [4.69, 9.17) is 14.7 Å². The minimum atomic E-state index is -0.603. The second kappa shape index (κ2) is 12.0. The number of aromatic nitrogens is 3. The molecule has 0 fully saturated rings. The van der Waals surface area contributed by atoms with E-state index in [0.29, 0.717) is 24.6 Å². The number of pyridine rings is 1. The molecule has 0 unspecified atom stereocenters. The van der Waals surface area contributed by atoms with Crippen molar-refractivity contribution in [1.82, 2.24) is 20.3 Å². The number of alkyl carbamates (subject to hydrolysis) is 1. The Labute approximate surface area is 226 Å². The number of nitrogens with one attached hydrogen (secondary N) is 2. The summed E-state index contributed by atoms with van der Waals surface area (Å²) in [5, 5.41) is 8.41. The summed E-state index contributed by atoms with van der Waals surface area (Å²) >= 11 is 1.50. The Kier molecular flexibility index (Phi) is 8.48. The van der Waals surface area contributed by atoms with Crippen LogP contribution in [0.5, 0.6) is 0 Å². The number of benzene rings is 1. The van der Waals surface area contributed by atoms with Crippen LogP contribution in [0.25, 0.3) is 27.7 Å². The number of hydrogen-bond acceptors (Lipinski definition) is 8. The molecule has 0 aliphatic carbocycles. The first-order valence-corrected chi connectivity index (χ1v) is 13.2. The SMILES string of the molecule is CC(=O)C=Cc1csc2c(NC[C@H](Cc3ccccc3)NC(=O)OC(C)(C)C)nc(-c3ccncc3)nc12. The van der Waals surface area contributed by atoms with Crippen molar-refractivity contribution in [2.75, 3.05) is 11.9 Å². The molecule has 3 aromatic heterocycles. The molecule has 8 nitrogen and oxygen atoms in total. The number of carbonyl (C=O) groups is 2. The number of thiophene rings is 1. The number of fused-ring (bicyclic) bond motifs is 1. The van der Waals surface area contributed by atoms with Crippen molar-refractivity contribution >= 4 is 45.3 Å². The lowest BCUT2D eigenvalue weighted by Crippen LogP contribution is -2.43. The number of carbonyl (C=O) groups excluding carboxylic acids is 2. The second-order valence-corrected chi connectivity index (χ2v) is 10.7. The van der Waals surface area contributed by atoms with Crippen LogP contribution in [0.1, 0.15) is 38.8 Å². The molecule has 2 N–H and O–H groups in total. The zero-order valence-corrected chi connectivity index (χ0v) is 22.7. The van der Waals surface area contributed by atoms with Crippen molar-refractivity contribution in [1.29, 1.82) is 0 Å². The molecule has 196 valence electrons. The van der Waals surface area contributed by atoms with Gasteiger partial charge in [0.05, 0.1) is 16.3 Å². The fraction of sp³-hybridized carbons (Fsp3) is 0.276. The minimum Gasteiger partial charge on any atom is -0.444 e. The third kappa shape index (κ3) is 7.45. The molecule has 1 aromatic carbocycles. The van der Waals surface area contributed by atoms with Gasteiger partial charge >= 0.3 is 6.09 Å². The second-order valence-electron chi connectivity index (χ2n) is 9.86. The predicted molar refractivity (Wildman–Crippen MR) is 152 cm³/mol. The topological polar surface area (TPSA) is 106 Å². The zero-order valence-electron chi connectivity index (χ0n) is 21.9. The summed E-state index contributed by atoms with van der Waals surface area (Å²) in [6.45, 7) is 7.44. The molecule has 0 aliphatic rings. The van der Waals surface area contributed by atoms with Crippen LogP contribution in [0.3, 0.4) is 0 Å². The summed E-state index contributed by atoms with van der Waals surface area (Å²) in [4.78, 5) is 37.9. The minimum absolute atomic E-state index is 0.0388. The van der Waals surface area contributed by atoms with Crippen molar-refractivity contribution in [3.8, 4) is 11.4 Å². The zero-order chi connectivity index (χ0) is 27.1. The summed E-state index contributed by atoms with van der Waals surface area (Å²) in [5.41, 5.74) is 2.90. The van der Waals surface area contributed by atoms with Crippen molar-refractivity contribution in [2.45, 2.75) is 45.8 Å². The summed E-state index contributed by atoms with van der Waals surface area (Å²) in [7, 11) is 0. The van der Waals surface area contributed by atoms with Gasteiger partial charge in [-0.1, -0.05) is 30.3 Å². The molecular weight excluding hydrogens is 498 g/mol. The Balaban J connectivity index is 1.66. The largest absolute Gasteiger partial charge is 0.444 e. The van der Waals surface area contributed by atoms with Gasteiger partial charge in [-0.2, -0.15) is 0 Å². The number of ketones is 1. The van der Waals surface area contributed by atoms with Gasteiger partial charge in [0.1, 0.15) is 11.4 Å². The van der Waals surface area contributed by atoms with Crippen molar-refractivity contribution in [3.05, 3.63) is 77.4 Å². The summed E-state index contributed by atoms with van der Waals surface area (Å²) in [6, 6.07) is 13.4. The molecule has 1 atom stereocenters. The lowest BCUT2D eigenvalue weighted by molar-refractivity contribution is -0.112. The van der Waals surface area contributed by atoms with Crippen LogP contribution in [0.15, 0.2) is 66.3 Å². The average molecular weight is 530 g/mol. The molecule has 0 bridgehead atoms. The van der Waals surface area contributed by atoms with Gasteiger partial charge in [-0.25, -0.2) is 14.8 Å². The number of anilines is 1. The number of ether oxygens (including phenoxy) is 1. The lowest BCUT2D eigenvalue weighted by Gasteiger charge is -2.24. The highest BCUT2D eigenvalue weighted by Gasteiger charge is 2.21. The fourth-order valence-corrected chi connectivity index (χ4v) is 4.72. The Bertz CT molecular complexity index is 1430. The number of rotatable bonds is 9. The third-order valence-electron chi connectivity index (χ3n) is 5.44. The Hall–Kier alpha value is -4.11. The summed E-state index contributed by atoms with van der Waals surface area (Å²) < 4.78 is 6.37. The molecule has 0 saturated carbocycles. The van der Waals surface area contributed by atoms with E-state index >= 15 is 0 Å². The van der Waals surface area contributed by atoms with Crippen LogP contribution in [-0.2, 0) is 16.0 Å². The quantitative estimate of drug-likeness (QED) is 0.260. The first kappa shape index (κ1) is 26.9. The molecule has 38 heavy (non-hydrogen) atoms. The first-order chi connectivity index (χ1) is 18.2. The van der Waals surface area contributed by atoms with Gasteiger partial charge in [-0.15, -0.1) is 11.3 Å². The van der Waals surface area contributed by atoms with Crippen LogP contribution >= 0.6 is 11.3 Å². The van der Waals surface area contributed by atoms with E-state index in [1.165, 1.54) is 24.3 Å². The fourth-order valence-electron chi connectivity index (χ4n) is 3.78. The van der Waals surface area contributed by atoms with Gasteiger partial charge in [0, 0.05) is 35.4 Å². The molecule has 4 aromatic rings. The molecule has 4 rings (SSSR count). The van der Waals surface area contributed by atoms with Gasteiger partial charge in [-0.3, -0.25) is 9.78 Å². The van der Waals surface area contributed by atoms with Crippen molar-refractivity contribution in [2.24, 2.45) is 0 Å². The van der Waals surface area contributed by atoms with E-state index < -0.39 is 11.7 Å². The maximum atomic E-state index is 12.6. The predicted octanol–water partition coefficient (Wildman–Crippen LogP) is 5.90. The van der Waals surface area contributed by atoms with Crippen LogP contribution in [0.4, 0.5) is 10.6 Å². The smallest absolute Gasteiger partial charge is 0.407 e. The van der Waals surface area contributed by atoms with Gasteiger partial charge in [0.2, 0.25) is 0 Å². The standard InChI is InChI=1S/C29H31N5O3S/c1-19(35)10-11-22-18-38-25-24(22)33-26(21-12-14-30-15-13-21)34-27(25)31-17-23(16-20-8-6-5-7-9-20)32-28(36)37-29(2,3)4/h5-15,18,23H,16-17H2,1-4H3,(H,32,36)(H,31,33,34)/t23-/m0/s1. The van der Waals surface area contributed by atoms with Crippen LogP contribution in [0, 0.1) is 0 Å². The van der Waals surface area contributed by atoms with Gasteiger partial charge in [0.15, 0.2) is 11.6 Å². The van der Waals surface area contributed by atoms with E-state index in [0.717, 1.165) is 26.9 Å². The van der Waals surface area contributed by atoms with Gasteiger partial charge in [-0.05, 0) is 64.0 Å². The molecule has 0 radical (unpaired) electrons. The number of nitrogens with zero attached hydrogens (tertiary/aromatic N) is 3. The van der Waals surface area contributed by atoms with Crippen molar-refractivity contribution in [3.63, 3.8) is 0 Å². The van der Waals surface area contributed by atoms with E-state index in [9.17, 15) is 9.59 Å². The highest BCUT2D eigenvalue weighted by Crippen LogP contribution is 2.33. The molecule has 3 heterocycles. The maximum Gasteiger partial charge on any atom is 0.407 e. The van der Waals surface area contributed by atoms with E-state index in [2.05, 4.69) is 15.6 Å². The van der Waals surface area contributed by atoms with E-state index in [1.54, 1.807) is 18.5 Å². The number of allylic oxidation sites excluding steroid dienone is 1. The molecular formula is C29H31N5O3S. The van der Waals surface area contributed by atoms with Gasteiger partial charge in [0.25, 0.3) is 0 Å². The van der Waals surface area contributed by atoms with E-state index in [-0.39, 0.29) is 11.8 Å². The molecule has 0 spiro atoms. The highest BCUT2D eigenvalue weighted by molar-refractivity contribution is 7.18. The monoisotopic (exact) mass is 529 g/mol. The lowest BCUT2D eigenvalue weighted by atomic mass is 10.1. The van der Waals surface area contributed by atoms with Crippen molar-refractivity contribution < 1.29 is 14.3 Å². The Morgan fingerprint density at radius 2 is 1.82 bits per heavy atom. The molecule has 1 amide bonds. The summed E-state index contributed by atoms with van der Waals surface area (Å²) in [6.07, 6.45) is 6.83. The highest BCUT2D eigenvalue weighted by atomic mass is 32.1. The normalized spacial score (nSPS) is 12.4. The first-order valence-electron chi connectivity index (χ1n) is 12.3. The maximum absolute atomic E-state index is 12.6. The Morgan fingerprint density at radius 3 is 2.50 bits per heavy atom. The Morgan fingerprint density at radius 1 is 1.08 bits per heavy atom. The molecule has 9 heteroatoms. The van der Waals surface area contributed by atoms with Crippen LogP contribution < -0.4 is 10.6 Å². The van der Waals surface area contributed by atoms with Crippen LogP contribution in [0.2, 0.25) is 0 Å². The van der Waals surface area contributed by atoms with Crippen LogP contribution in [-0.4, -0.2) is 45.0 Å². The molecule has 0 saturated heterocycles. The summed E-state index contributed by atoms with van der Waals surface area (Å²) in [5.74, 6) is 1.15. The average Bonchev–Trinajstić information content (AvgIpc) is 3.29. The third-order valence-corrected chi connectivity index (χ3v) is 6.43.